The quantitative estimate of drug-likeness (QED) is 0.754. The first-order valence-electron chi connectivity index (χ1n) is 8.30. The van der Waals surface area contributed by atoms with Crippen molar-refractivity contribution in [2.75, 3.05) is 6.61 Å². The maximum atomic E-state index is 12.6. The van der Waals surface area contributed by atoms with Gasteiger partial charge in [-0.25, -0.2) is 0 Å². The first-order valence-corrected chi connectivity index (χ1v) is 8.30. The number of ether oxygens (including phenoxy) is 1. The fourth-order valence-corrected chi connectivity index (χ4v) is 3.56. The molecule has 2 aromatic rings. The summed E-state index contributed by atoms with van der Waals surface area (Å²) in [5, 5.41) is 0. The molecule has 1 aliphatic rings. The van der Waals surface area contributed by atoms with Crippen molar-refractivity contribution in [3.63, 3.8) is 0 Å². The third kappa shape index (κ3) is 3.05. The zero-order chi connectivity index (χ0) is 16.7. The van der Waals surface area contributed by atoms with Crippen molar-refractivity contribution in [1.82, 2.24) is 4.57 Å². The molecule has 3 heteroatoms. The number of carbonyl (C=O) groups excluding carboxylic acids is 1. The van der Waals surface area contributed by atoms with E-state index in [0.717, 1.165) is 28.1 Å². The Balaban J connectivity index is 1.77. The molecular formula is C20H25NO2. The average molecular weight is 311 g/mol. The molecule has 1 aliphatic carbocycles. The number of aryl methyl sites for hydroxylation is 4. The van der Waals surface area contributed by atoms with Crippen LogP contribution in [0.2, 0.25) is 0 Å². The van der Waals surface area contributed by atoms with Crippen LogP contribution in [0, 0.1) is 34.6 Å². The van der Waals surface area contributed by atoms with Gasteiger partial charge in [0, 0.05) is 23.0 Å². The van der Waals surface area contributed by atoms with E-state index < -0.39 is 0 Å². The van der Waals surface area contributed by atoms with Crippen LogP contribution in [0.4, 0.5) is 0 Å². The van der Waals surface area contributed by atoms with Crippen LogP contribution in [0.1, 0.15) is 57.3 Å². The molecule has 0 atom stereocenters. The molecule has 1 aromatic heterocycles. The van der Waals surface area contributed by atoms with Crippen molar-refractivity contribution in [3.05, 3.63) is 51.8 Å². The molecule has 1 heterocycles. The molecule has 0 amide bonds. The van der Waals surface area contributed by atoms with Gasteiger partial charge in [-0.2, -0.15) is 0 Å². The Labute approximate surface area is 138 Å². The van der Waals surface area contributed by atoms with Crippen LogP contribution in [-0.2, 0) is 0 Å². The molecule has 122 valence electrons. The minimum atomic E-state index is 0.0596. The van der Waals surface area contributed by atoms with Crippen LogP contribution in [0.3, 0.4) is 0 Å². The molecule has 0 N–H and O–H groups in total. The fourth-order valence-electron chi connectivity index (χ4n) is 3.56. The molecular weight excluding hydrogens is 286 g/mol. The van der Waals surface area contributed by atoms with E-state index >= 15 is 0 Å². The third-order valence-electron chi connectivity index (χ3n) is 4.65. The monoisotopic (exact) mass is 311 g/mol. The fraction of sp³-hybridized carbons (Fsp3) is 0.450. The molecule has 1 fully saturated rings. The number of aromatic nitrogens is 1. The van der Waals surface area contributed by atoms with Gasteiger partial charge in [0.1, 0.15) is 5.75 Å². The molecule has 3 nitrogen and oxygen atoms in total. The van der Waals surface area contributed by atoms with E-state index in [0.29, 0.717) is 6.04 Å². The summed E-state index contributed by atoms with van der Waals surface area (Å²) in [5.41, 5.74) is 6.44. The van der Waals surface area contributed by atoms with E-state index in [1.54, 1.807) is 0 Å². The Kier molecular flexibility index (Phi) is 4.05. The normalized spacial score (nSPS) is 14.1. The second-order valence-electron chi connectivity index (χ2n) is 6.83. The van der Waals surface area contributed by atoms with Crippen LogP contribution >= 0.6 is 0 Å². The molecule has 0 radical (unpaired) electrons. The van der Waals surface area contributed by atoms with Gasteiger partial charge in [-0.15, -0.1) is 0 Å². The highest BCUT2D eigenvalue weighted by Crippen LogP contribution is 2.38. The Bertz CT molecular complexity index is 743. The standard InChI is InChI=1S/C20H25NO2/c1-12-8-13(2)20(14(3)9-12)23-11-19(22)18-10-15(4)21(16(18)5)17-6-7-17/h8-10,17H,6-7,11H2,1-5H3. The molecule has 23 heavy (non-hydrogen) atoms. The van der Waals surface area contributed by atoms with Gasteiger partial charge >= 0.3 is 0 Å². The van der Waals surface area contributed by atoms with E-state index in [-0.39, 0.29) is 12.4 Å². The summed E-state index contributed by atoms with van der Waals surface area (Å²) in [6, 6.07) is 6.78. The highest BCUT2D eigenvalue weighted by Gasteiger charge is 2.28. The number of rotatable bonds is 5. The van der Waals surface area contributed by atoms with E-state index in [9.17, 15) is 4.79 Å². The number of Topliss-reactive ketones (excluding diaryl/α,β-unsaturated/α-hetero) is 1. The molecule has 1 aromatic carbocycles. The van der Waals surface area contributed by atoms with Crippen molar-refractivity contribution < 1.29 is 9.53 Å². The van der Waals surface area contributed by atoms with Gasteiger partial charge in [0.2, 0.25) is 5.78 Å². The second kappa shape index (κ2) is 5.88. The number of carbonyl (C=O) groups is 1. The molecule has 0 bridgehead atoms. The van der Waals surface area contributed by atoms with E-state index in [1.807, 2.05) is 26.8 Å². The summed E-state index contributed by atoms with van der Waals surface area (Å²) in [6.07, 6.45) is 2.45. The zero-order valence-corrected chi connectivity index (χ0v) is 14.7. The lowest BCUT2D eigenvalue weighted by atomic mass is 10.1. The number of ketones is 1. The number of hydrogen-bond acceptors (Lipinski definition) is 2. The number of hydrogen-bond donors (Lipinski definition) is 0. The van der Waals surface area contributed by atoms with Crippen LogP contribution in [0.15, 0.2) is 18.2 Å². The number of benzene rings is 1. The van der Waals surface area contributed by atoms with Crippen LogP contribution < -0.4 is 4.74 Å². The summed E-state index contributed by atoms with van der Waals surface area (Å²) in [7, 11) is 0. The van der Waals surface area contributed by atoms with Gasteiger partial charge < -0.3 is 9.30 Å². The first-order chi connectivity index (χ1) is 10.9. The van der Waals surface area contributed by atoms with Crippen LogP contribution in [-0.4, -0.2) is 17.0 Å². The summed E-state index contributed by atoms with van der Waals surface area (Å²) in [5.74, 6) is 0.893. The largest absolute Gasteiger partial charge is 0.485 e. The molecule has 0 unspecified atom stereocenters. The van der Waals surface area contributed by atoms with Gasteiger partial charge in [-0.3, -0.25) is 4.79 Å². The van der Waals surface area contributed by atoms with Crippen LogP contribution in [0.5, 0.6) is 5.75 Å². The molecule has 3 rings (SSSR count). The first kappa shape index (κ1) is 15.9. The van der Waals surface area contributed by atoms with Crippen molar-refractivity contribution >= 4 is 5.78 Å². The minimum absolute atomic E-state index is 0.0596. The predicted octanol–water partition coefficient (Wildman–Crippen LogP) is 4.63. The van der Waals surface area contributed by atoms with Gasteiger partial charge in [0.25, 0.3) is 0 Å². The predicted molar refractivity (Wildman–Crippen MR) is 92.7 cm³/mol. The molecule has 1 saturated carbocycles. The summed E-state index contributed by atoms with van der Waals surface area (Å²) < 4.78 is 8.16. The SMILES string of the molecule is Cc1cc(C)c(OCC(=O)c2cc(C)n(C3CC3)c2C)c(C)c1. The summed E-state index contributed by atoms with van der Waals surface area (Å²) >= 11 is 0. The van der Waals surface area contributed by atoms with E-state index in [4.69, 9.17) is 4.74 Å². The maximum absolute atomic E-state index is 12.6. The van der Waals surface area contributed by atoms with E-state index in [1.165, 1.54) is 24.1 Å². The van der Waals surface area contributed by atoms with Gasteiger partial charge in [0.05, 0.1) is 0 Å². The lowest BCUT2D eigenvalue weighted by Gasteiger charge is -2.13. The van der Waals surface area contributed by atoms with E-state index in [2.05, 4.69) is 30.5 Å². The highest BCUT2D eigenvalue weighted by atomic mass is 16.5. The number of nitrogens with zero attached hydrogens (tertiary/aromatic N) is 1. The minimum Gasteiger partial charge on any atom is -0.485 e. The van der Waals surface area contributed by atoms with Gasteiger partial charge in [-0.1, -0.05) is 17.7 Å². The topological polar surface area (TPSA) is 31.2 Å². The summed E-state index contributed by atoms with van der Waals surface area (Å²) in [4.78, 5) is 12.6. The van der Waals surface area contributed by atoms with Crippen molar-refractivity contribution in [3.8, 4) is 5.75 Å². The maximum Gasteiger partial charge on any atom is 0.202 e. The Morgan fingerprint density at radius 2 is 1.70 bits per heavy atom. The van der Waals surface area contributed by atoms with Crippen LogP contribution in [0.25, 0.3) is 0 Å². The molecule has 0 saturated heterocycles. The molecule has 0 aliphatic heterocycles. The summed E-state index contributed by atoms with van der Waals surface area (Å²) in [6.45, 7) is 10.3. The average Bonchev–Trinajstić information content (AvgIpc) is 3.23. The smallest absolute Gasteiger partial charge is 0.202 e. The Morgan fingerprint density at radius 3 is 2.26 bits per heavy atom. The zero-order valence-electron chi connectivity index (χ0n) is 14.7. The Morgan fingerprint density at radius 1 is 1.09 bits per heavy atom. The van der Waals surface area contributed by atoms with Gasteiger partial charge in [0.15, 0.2) is 6.61 Å². The third-order valence-corrected chi connectivity index (χ3v) is 4.65. The molecule has 0 spiro atoms. The lowest BCUT2D eigenvalue weighted by Crippen LogP contribution is -2.14. The van der Waals surface area contributed by atoms with Crippen molar-refractivity contribution in [2.45, 2.75) is 53.5 Å². The highest BCUT2D eigenvalue weighted by molar-refractivity contribution is 5.98. The van der Waals surface area contributed by atoms with Crippen molar-refractivity contribution in [1.29, 1.82) is 0 Å². The lowest BCUT2D eigenvalue weighted by molar-refractivity contribution is 0.0920. The second-order valence-corrected chi connectivity index (χ2v) is 6.83. The van der Waals surface area contributed by atoms with Gasteiger partial charge in [-0.05, 0) is 64.7 Å². The van der Waals surface area contributed by atoms with Crippen molar-refractivity contribution in [2.24, 2.45) is 0 Å². The Hall–Kier alpha value is -2.03.